The second-order valence-electron chi connectivity index (χ2n) is 4.86. The average Bonchev–Trinajstić information content (AvgIpc) is 2.83. The van der Waals surface area contributed by atoms with Gasteiger partial charge < -0.3 is 9.47 Å². The Morgan fingerprint density at radius 3 is 2.37 bits per heavy atom. The van der Waals surface area contributed by atoms with Gasteiger partial charge in [0.05, 0.1) is 19.8 Å². The molecule has 0 aliphatic carbocycles. The lowest BCUT2D eigenvalue weighted by molar-refractivity contribution is 0.320. The second kappa shape index (κ2) is 6.06. The molecule has 2 rings (SSSR count). The van der Waals surface area contributed by atoms with E-state index in [0.29, 0.717) is 0 Å². The van der Waals surface area contributed by atoms with Crippen LogP contribution in [-0.4, -0.2) is 44.6 Å². The normalized spacial score (nSPS) is 20.6. The Morgan fingerprint density at radius 2 is 1.89 bits per heavy atom. The van der Waals surface area contributed by atoms with Gasteiger partial charge in [0.1, 0.15) is 17.7 Å². The third-order valence-electron chi connectivity index (χ3n) is 3.61. The van der Waals surface area contributed by atoms with Crippen LogP contribution < -0.4 is 9.47 Å². The smallest absolute Gasteiger partial charge is 0.131 e. The number of aliphatic imine (C=N–C) groups is 1. The van der Waals surface area contributed by atoms with E-state index in [0.717, 1.165) is 35.7 Å². The molecule has 0 amide bonds. The summed E-state index contributed by atoms with van der Waals surface area (Å²) in [6.07, 6.45) is 2.60. The molecule has 1 fully saturated rings. The Bertz CT molecular complexity index is 449. The second-order valence-corrected chi connectivity index (χ2v) is 4.86. The minimum absolute atomic E-state index is 0.273. The fourth-order valence-electron chi connectivity index (χ4n) is 2.55. The van der Waals surface area contributed by atoms with E-state index in [1.165, 1.54) is 6.42 Å². The van der Waals surface area contributed by atoms with Crippen molar-refractivity contribution in [3.63, 3.8) is 0 Å². The summed E-state index contributed by atoms with van der Waals surface area (Å²) < 4.78 is 10.9. The summed E-state index contributed by atoms with van der Waals surface area (Å²) >= 11 is 0. The molecule has 0 spiro atoms. The van der Waals surface area contributed by atoms with Gasteiger partial charge in [-0.15, -0.1) is 0 Å². The van der Waals surface area contributed by atoms with E-state index < -0.39 is 0 Å². The molecule has 1 aromatic carbocycles. The zero-order valence-electron chi connectivity index (χ0n) is 12.1. The number of methoxy groups -OCH3 is 2. The van der Waals surface area contributed by atoms with Crippen LogP contribution in [0.4, 0.5) is 0 Å². The summed E-state index contributed by atoms with van der Waals surface area (Å²) in [7, 11) is 5.47. The van der Waals surface area contributed by atoms with Crippen LogP contribution in [0.15, 0.2) is 23.2 Å². The summed E-state index contributed by atoms with van der Waals surface area (Å²) in [4.78, 5) is 7.11. The van der Waals surface area contributed by atoms with Gasteiger partial charge in [-0.3, -0.25) is 9.89 Å². The molecule has 19 heavy (non-hydrogen) atoms. The molecule has 1 atom stereocenters. The van der Waals surface area contributed by atoms with Crippen LogP contribution >= 0.6 is 0 Å². The third-order valence-corrected chi connectivity index (χ3v) is 3.61. The number of hydrogen-bond donors (Lipinski definition) is 0. The van der Waals surface area contributed by atoms with E-state index >= 15 is 0 Å². The Kier molecular flexibility index (Phi) is 4.43. The first-order valence-electron chi connectivity index (χ1n) is 6.63. The molecule has 1 unspecified atom stereocenters. The summed E-state index contributed by atoms with van der Waals surface area (Å²) in [6.45, 7) is 3.14. The molecule has 0 aromatic heterocycles. The van der Waals surface area contributed by atoms with E-state index in [1.54, 1.807) is 14.2 Å². The van der Waals surface area contributed by atoms with Crippen LogP contribution in [0.3, 0.4) is 0 Å². The molecule has 4 nitrogen and oxygen atoms in total. The van der Waals surface area contributed by atoms with E-state index in [-0.39, 0.29) is 6.17 Å². The number of likely N-dealkylation sites (tertiary alicyclic amines) is 1. The van der Waals surface area contributed by atoms with Crippen molar-refractivity contribution >= 4 is 5.71 Å². The molecule has 104 valence electrons. The average molecular weight is 262 g/mol. The Morgan fingerprint density at radius 1 is 1.26 bits per heavy atom. The highest BCUT2D eigenvalue weighted by atomic mass is 16.5. The van der Waals surface area contributed by atoms with Gasteiger partial charge in [-0.2, -0.15) is 0 Å². The lowest BCUT2D eigenvalue weighted by atomic mass is 10.1. The van der Waals surface area contributed by atoms with Crippen LogP contribution in [0.2, 0.25) is 0 Å². The molecular formula is C15H22N2O2. The van der Waals surface area contributed by atoms with Gasteiger partial charge in [-0.25, -0.2) is 0 Å². The van der Waals surface area contributed by atoms with Crippen molar-refractivity contribution in [2.24, 2.45) is 4.99 Å². The van der Waals surface area contributed by atoms with E-state index in [2.05, 4.69) is 11.9 Å². The van der Waals surface area contributed by atoms with E-state index in [4.69, 9.17) is 14.5 Å². The number of nitrogens with zero attached hydrogens (tertiary/aromatic N) is 2. The van der Waals surface area contributed by atoms with Crippen LogP contribution in [0, 0.1) is 0 Å². The van der Waals surface area contributed by atoms with Crippen molar-refractivity contribution in [2.45, 2.75) is 25.9 Å². The summed E-state index contributed by atoms with van der Waals surface area (Å²) in [6, 6.07) is 5.81. The lowest BCUT2D eigenvalue weighted by Gasteiger charge is -2.18. The van der Waals surface area contributed by atoms with Crippen molar-refractivity contribution in [1.82, 2.24) is 4.90 Å². The van der Waals surface area contributed by atoms with Crippen molar-refractivity contribution in [2.75, 3.05) is 27.8 Å². The van der Waals surface area contributed by atoms with Gasteiger partial charge in [0.25, 0.3) is 0 Å². The lowest BCUT2D eigenvalue weighted by Crippen LogP contribution is -2.24. The topological polar surface area (TPSA) is 34.1 Å². The summed E-state index contributed by atoms with van der Waals surface area (Å²) in [5.41, 5.74) is 1.92. The van der Waals surface area contributed by atoms with E-state index in [9.17, 15) is 0 Å². The highest BCUT2D eigenvalue weighted by Crippen LogP contribution is 2.29. The largest absolute Gasteiger partial charge is 0.496 e. The summed E-state index contributed by atoms with van der Waals surface area (Å²) in [5, 5.41) is 0. The molecule has 4 heteroatoms. The maximum absolute atomic E-state index is 5.43. The molecule has 1 aromatic rings. The fraction of sp³-hybridized carbons (Fsp3) is 0.533. The zero-order valence-corrected chi connectivity index (χ0v) is 12.1. The Hall–Kier alpha value is -1.55. The first-order valence-corrected chi connectivity index (χ1v) is 6.63. The Labute approximate surface area is 115 Å². The first kappa shape index (κ1) is 13.9. The molecule has 0 saturated carbocycles. The zero-order chi connectivity index (χ0) is 13.8. The van der Waals surface area contributed by atoms with Crippen LogP contribution in [0.1, 0.15) is 25.3 Å². The molecule has 0 N–H and O–H groups in total. The highest BCUT2D eigenvalue weighted by molar-refractivity contribution is 6.03. The van der Waals surface area contributed by atoms with Gasteiger partial charge in [-0.05, 0) is 45.5 Å². The standard InChI is InChI=1S/C15H22N2O2/c1-11(16-14-9-6-10-17(14)2)15-12(18-3)7-5-8-13(15)19-4/h5,7-8,14H,6,9-10H2,1-4H3/b16-11+. The number of hydrogen-bond acceptors (Lipinski definition) is 4. The predicted molar refractivity (Wildman–Crippen MR) is 77.4 cm³/mol. The summed E-state index contributed by atoms with van der Waals surface area (Å²) in [5.74, 6) is 1.61. The molecule has 1 aliphatic heterocycles. The predicted octanol–water partition coefficient (Wildman–Crippen LogP) is 2.56. The van der Waals surface area contributed by atoms with Gasteiger partial charge in [0, 0.05) is 5.71 Å². The van der Waals surface area contributed by atoms with Crippen molar-refractivity contribution in [1.29, 1.82) is 0 Å². The minimum Gasteiger partial charge on any atom is -0.496 e. The molecule has 0 bridgehead atoms. The van der Waals surface area contributed by atoms with Crippen LogP contribution in [-0.2, 0) is 0 Å². The SMILES string of the molecule is COc1cccc(OC)c1/C(C)=N/C1CCCN1C. The monoisotopic (exact) mass is 262 g/mol. The van der Waals surface area contributed by atoms with Gasteiger partial charge in [0.2, 0.25) is 0 Å². The minimum atomic E-state index is 0.273. The third kappa shape index (κ3) is 2.89. The molecule has 1 aliphatic rings. The van der Waals surface area contributed by atoms with Gasteiger partial charge in [-0.1, -0.05) is 6.07 Å². The maximum atomic E-state index is 5.43. The van der Waals surface area contributed by atoms with Gasteiger partial charge >= 0.3 is 0 Å². The van der Waals surface area contributed by atoms with E-state index in [1.807, 2.05) is 25.1 Å². The highest BCUT2D eigenvalue weighted by Gasteiger charge is 2.21. The van der Waals surface area contributed by atoms with Crippen molar-refractivity contribution in [3.05, 3.63) is 23.8 Å². The Balaban J connectivity index is 2.36. The molecule has 0 radical (unpaired) electrons. The molecular weight excluding hydrogens is 240 g/mol. The fourth-order valence-corrected chi connectivity index (χ4v) is 2.55. The van der Waals surface area contributed by atoms with Crippen molar-refractivity contribution < 1.29 is 9.47 Å². The van der Waals surface area contributed by atoms with Crippen LogP contribution in [0.5, 0.6) is 11.5 Å². The van der Waals surface area contributed by atoms with Gasteiger partial charge in [0.15, 0.2) is 0 Å². The number of benzene rings is 1. The quantitative estimate of drug-likeness (QED) is 0.782. The number of ether oxygens (including phenoxy) is 2. The maximum Gasteiger partial charge on any atom is 0.131 e. The van der Waals surface area contributed by atoms with Crippen molar-refractivity contribution in [3.8, 4) is 11.5 Å². The van der Waals surface area contributed by atoms with Crippen LogP contribution in [0.25, 0.3) is 0 Å². The molecule has 1 saturated heterocycles. The molecule has 1 heterocycles. The number of rotatable bonds is 4. The first-order chi connectivity index (χ1) is 9.17.